The van der Waals surface area contributed by atoms with Crippen molar-refractivity contribution in [3.8, 4) is 11.5 Å². The summed E-state index contributed by atoms with van der Waals surface area (Å²) in [6.45, 7) is 0.711. The van der Waals surface area contributed by atoms with Crippen LogP contribution in [0.3, 0.4) is 0 Å². The number of nitrogens with zero attached hydrogens (tertiary/aromatic N) is 2. The van der Waals surface area contributed by atoms with Crippen LogP contribution in [0.1, 0.15) is 6.42 Å². The number of hydrogen-bond donors (Lipinski definition) is 0. The maximum absolute atomic E-state index is 13.4. The maximum Gasteiger partial charge on any atom is 0.227 e. The van der Waals surface area contributed by atoms with Crippen molar-refractivity contribution in [2.45, 2.75) is 6.42 Å². The van der Waals surface area contributed by atoms with E-state index in [1.807, 2.05) is 0 Å². The molecule has 1 fully saturated rings. The monoisotopic (exact) mass is 404 g/mol. The first-order valence-electron chi connectivity index (χ1n) is 9.15. The highest BCUT2D eigenvalue weighted by Crippen LogP contribution is 2.27. The lowest BCUT2D eigenvalue weighted by Crippen LogP contribution is -2.37. The van der Waals surface area contributed by atoms with E-state index in [4.69, 9.17) is 9.47 Å². The lowest BCUT2D eigenvalue weighted by molar-refractivity contribution is -0.134. The van der Waals surface area contributed by atoms with Gasteiger partial charge in [-0.1, -0.05) is 0 Å². The Kier molecular flexibility index (Phi) is 6.31. The summed E-state index contributed by atoms with van der Waals surface area (Å²) in [6.07, 6.45) is 0.000638. The van der Waals surface area contributed by atoms with E-state index in [0.29, 0.717) is 12.3 Å². The first kappa shape index (κ1) is 20.6. The van der Waals surface area contributed by atoms with Gasteiger partial charge in [0.05, 0.1) is 19.6 Å². The van der Waals surface area contributed by atoms with E-state index in [1.54, 1.807) is 38.4 Å². The van der Waals surface area contributed by atoms with Crippen molar-refractivity contribution in [3.63, 3.8) is 0 Å². The molecule has 0 bridgehead atoms. The van der Waals surface area contributed by atoms with Gasteiger partial charge in [-0.05, 0) is 36.4 Å². The lowest BCUT2D eigenvalue weighted by atomic mass is 10.1. The summed E-state index contributed by atoms with van der Waals surface area (Å²) in [5.41, 5.74) is 0.119. The Morgan fingerprint density at radius 1 is 1.14 bits per heavy atom. The third-order valence-electron chi connectivity index (χ3n) is 4.76. The molecule has 3 rings (SSSR count). The Morgan fingerprint density at radius 3 is 2.38 bits per heavy atom. The molecule has 8 heteroatoms. The van der Waals surface area contributed by atoms with Gasteiger partial charge in [-0.3, -0.25) is 9.59 Å². The van der Waals surface area contributed by atoms with Gasteiger partial charge in [0.15, 0.2) is 0 Å². The zero-order valence-corrected chi connectivity index (χ0v) is 16.2. The maximum atomic E-state index is 13.4. The van der Waals surface area contributed by atoms with Crippen LogP contribution < -0.4 is 14.4 Å². The van der Waals surface area contributed by atoms with E-state index >= 15 is 0 Å². The van der Waals surface area contributed by atoms with Gasteiger partial charge in [-0.25, -0.2) is 8.78 Å². The van der Waals surface area contributed by atoms with Crippen molar-refractivity contribution in [3.05, 3.63) is 54.1 Å². The fourth-order valence-electron chi connectivity index (χ4n) is 3.21. The van der Waals surface area contributed by atoms with Crippen LogP contribution >= 0.6 is 0 Å². The van der Waals surface area contributed by atoms with Gasteiger partial charge in [0.1, 0.15) is 29.7 Å². The Bertz CT molecular complexity index is 868. The number of halogens is 2. The van der Waals surface area contributed by atoms with E-state index in [2.05, 4.69) is 0 Å². The van der Waals surface area contributed by atoms with Crippen LogP contribution in [-0.4, -0.2) is 50.6 Å². The normalized spacial score (nSPS) is 16.1. The van der Waals surface area contributed by atoms with Gasteiger partial charge in [-0.2, -0.15) is 0 Å². The minimum absolute atomic E-state index is 0.000638. The van der Waals surface area contributed by atoms with Gasteiger partial charge in [0, 0.05) is 31.8 Å². The molecule has 1 atom stereocenters. The summed E-state index contributed by atoms with van der Waals surface area (Å²) < 4.78 is 37.6. The number of hydrogen-bond acceptors (Lipinski definition) is 4. The Morgan fingerprint density at radius 2 is 1.76 bits per heavy atom. The smallest absolute Gasteiger partial charge is 0.227 e. The third-order valence-corrected chi connectivity index (χ3v) is 4.76. The molecule has 1 unspecified atom stereocenters. The molecule has 0 radical (unpaired) electrons. The van der Waals surface area contributed by atoms with Crippen molar-refractivity contribution < 1.29 is 27.8 Å². The number of amides is 2. The van der Waals surface area contributed by atoms with E-state index in [-0.39, 0.29) is 37.1 Å². The number of methoxy groups -OCH3 is 1. The second kappa shape index (κ2) is 8.89. The molecule has 154 valence electrons. The molecule has 1 aliphatic rings. The fourth-order valence-corrected chi connectivity index (χ4v) is 3.21. The highest BCUT2D eigenvalue weighted by Gasteiger charge is 2.36. The standard InChI is InChI=1S/C21H22F2N2O4/c1-24(7-8-29-19-5-3-18(28-2)4-6-19)21(27)14-9-20(26)25(13-14)17-11-15(22)10-16(23)12-17/h3-6,10-12,14H,7-9,13H2,1-2H3. The molecule has 1 heterocycles. The summed E-state index contributed by atoms with van der Waals surface area (Å²) in [4.78, 5) is 27.7. The van der Waals surface area contributed by atoms with Crippen LogP contribution in [0.2, 0.25) is 0 Å². The minimum atomic E-state index is -0.768. The van der Waals surface area contributed by atoms with Crippen LogP contribution in [0.4, 0.5) is 14.5 Å². The molecule has 0 saturated carbocycles. The van der Waals surface area contributed by atoms with E-state index in [0.717, 1.165) is 23.9 Å². The Balaban J connectivity index is 1.53. The van der Waals surface area contributed by atoms with Crippen LogP contribution in [0.5, 0.6) is 11.5 Å². The molecule has 0 N–H and O–H groups in total. The third kappa shape index (κ3) is 5.01. The van der Waals surface area contributed by atoms with Crippen molar-refractivity contribution in [2.24, 2.45) is 5.92 Å². The molecule has 0 aromatic heterocycles. The minimum Gasteiger partial charge on any atom is -0.497 e. The highest BCUT2D eigenvalue weighted by atomic mass is 19.1. The molecule has 0 spiro atoms. The quantitative estimate of drug-likeness (QED) is 0.712. The van der Waals surface area contributed by atoms with Gasteiger partial charge in [0.25, 0.3) is 0 Å². The average molecular weight is 404 g/mol. The van der Waals surface area contributed by atoms with E-state index in [1.165, 1.54) is 9.80 Å². The van der Waals surface area contributed by atoms with Crippen molar-refractivity contribution in [2.75, 3.05) is 38.8 Å². The highest BCUT2D eigenvalue weighted by molar-refractivity contribution is 6.00. The largest absolute Gasteiger partial charge is 0.497 e. The second-order valence-electron chi connectivity index (χ2n) is 6.82. The predicted octanol–water partition coefficient (Wildman–Crippen LogP) is 2.86. The lowest BCUT2D eigenvalue weighted by Gasteiger charge is -2.21. The molecular formula is C21H22F2N2O4. The predicted molar refractivity (Wildman–Crippen MR) is 103 cm³/mol. The first-order valence-corrected chi connectivity index (χ1v) is 9.15. The van der Waals surface area contributed by atoms with Crippen molar-refractivity contribution >= 4 is 17.5 Å². The number of rotatable bonds is 7. The summed E-state index contributed by atoms with van der Waals surface area (Å²) in [5, 5.41) is 0. The number of benzene rings is 2. The van der Waals surface area contributed by atoms with Crippen LogP contribution in [0.25, 0.3) is 0 Å². The molecule has 1 aliphatic heterocycles. The Hall–Kier alpha value is -3.16. The number of anilines is 1. The van der Waals surface area contributed by atoms with Gasteiger partial charge in [0.2, 0.25) is 11.8 Å². The molecule has 6 nitrogen and oxygen atoms in total. The van der Waals surface area contributed by atoms with Crippen LogP contribution in [0.15, 0.2) is 42.5 Å². The van der Waals surface area contributed by atoms with Crippen molar-refractivity contribution in [1.29, 1.82) is 0 Å². The molecule has 0 aliphatic carbocycles. The van der Waals surface area contributed by atoms with Gasteiger partial charge < -0.3 is 19.3 Å². The summed E-state index contributed by atoms with van der Waals surface area (Å²) in [6, 6.07) is 10.00. The zero-order chi connectivity index (χ0) is 21.0. The second-order valence-corrected chi connectivity index (χ2v) is 6.82. The molecular weight excluding hydrogens is 382 g/mol. The summed E-state index contributed by atoms with van der Waals surface area (Å²) >= 11 is 0. The molecule has 2 amide bonds. The Labute approximate surface area is 167 Å². The fraction of sp³-hybridized carbons (Fsp3) is 0.333. The molecule has 1 saturated heterocycles. The zero-order valence-electron chi connectivity index (χ0n) is 16.2. The molecule has 2 aromatic carbocycles. The molecule has 29 heavy (non-hydrogen) atoms. The first-order chi connectivity index (χ1) is 13.9. The number of ether oxygens (including phenoxy) is 2. The molecule has 2 aromatic rings. The average Bonchev–Trinajstić information content (AvgIpc) is 3.08. The van der Waals surface area contributed by atoms with E-state index in [9.17, 15) is 18.4 Å². The summed E-state index contributed by atoms with van der Waals surface area (Å²) in [7, 11) is 3.21. The SMILES string of the molecule is COc1ccc(OCCN(C)C(=O)C2CC(=O)N(c3cc(F)cc(F)c3)C2)cc1. The topological polar surface area (TPSA) is 59.1 Å². The van der Waals surface area contributed by atoms with Crippen LogP contribution in [-0.2, 0) is 9.59 Å². The van der Waals surface area contributed by atoms with E-state index < -0.39 is 17.6 Å². The summed E-state index contributed by atoms with van der Waals surface area (Å²) in [5.74, 6) is -1.28. The van der Waals surface area contributed by atoms with Crippen molar-refractivity contribution in [1.82, 2.24) is 4.90 Å². The number of carbonyl (C=O) groups excluding carboxylic acids is 2. The van der Waals surface area contributed by atoms with Crippen LogP contribution in [0, 0.1) is 17.6 Å². The number of likely N-dealkylation sites (N-methyl/N-ethyl adjacent to an activating group) is 1. The number of carbonyl (C=O) groups is 2. The van der Waals surface area contributed by atoms with Gasteiger partial charge in [-0.15, -0.1) is 0 Å². The van der Waals surface area contributed by atoms with Gasteiger partial charge >= 0.3 is 0 Å².